The lowest BCUT2D eigenvalue weighted by atomic mass is 10.1. The highest BCUT2D eigenvalue weighted by molar-refractivity contribution is 8.14. The van der Waals surface area contributed by atoms with E-state index in [2.05, 4.69) is 49.1 Å². The molecule has 2 heterocycles. The van der Waals surface area contributed by atoms with Crippen molar-refractivity contribution in [2.24, 2.45) is 4.99 Å². The molecule has 1 N–H and O–H groups in total. The normalized spacial score (nSPS) is 15.2. The van der Waals surface area contributed by atoms with Gasteiger partial charge in [0.05, 0.1) is 11.7 Å². The third-order valence-electron chi connectivity index (χ3n) is 6.47. The summed E-state index contributed by atoms with van der Waals surface area (Å²) in [6.07, 6.45) is -2.37. The van der Waals surface area contributed by atoms with Gasteiger partial charge < -0.3 is 15.0 Å². The zero-order valence-corrected chi connectivity index (χ0v) is 23.1. The van der Waals surface area contributed by atoms with E-state index in [9.17, 15) is 18.0 Å². The van der Waals surface area contributed by atoms with Gasteiger partial charge in [-0.3, -0.25) is 0 Å². The molecule has 0 aliphatic carbocycles. The Kier molecular flexibility index (Phi) is 8.29. The molecular weight excluding hydrogens is 553 g/mol. The first-order valence-electron chi connectivity index (χ1n) is 13.0. The summed E-state index contributed by atoms with van der Waals surface area (Å²) in [6, 6.07) is 20.3. The smallest absolute Gasteiger partial charge is 0.406 e. The number of halogens is 3. The first-order valence-corrected chi connectivity index (χ1v) is 13.9. The number of nitrogens with one attached hydrogen (secondary N) is 1. The van der Waals surface area contributed by atoms with Gasteiger partial charge in [0, 0.05) is 23.5 Å². The molecule has 8 nitrogen and oxygen atoms in total. The highest BCUT2D eigenvalue weighted by Crippen LogP contribution is 2.29. The molecule has 3 aromatic carbocycles. The van der Waals surface area contributed by atoms with Crippen LogP contribution in [-0.4, -0.2) is 44.6 Å². The second-order valence-electron chi connectivity index (χ2n) is 9.22. The van der Waals surface area contributed by atoms with Gasteiger partial charge in [-0.1, -0.05) is 61.2 Å². The van der Waals surface area contributed by atoms with Crippen molar-refractivity contribution in [3.8, 4) is 22.8 Å². The molecule has 1 fully saturated rings. The zero-order valence-electron chi connectivity index (χ0n) is 22.3. The zero-order chi connectivity index (χ0) is 29.0. The number of hydrogen-bond donors (Lipinski definition) is 1. The topological polar surface area (TPSA) is 84.6 Å². The largest absolute Gasteiger partial charge is 0.573 e. The molecule has 0 radical (unpaired) electrons. The second-order valence-corrected chi connectivity index (χ2v) is 10.3. The van der Waals surface area contributed by atoms with Gasteiger partial charge in [0.1, 0.15) is 12.1 Å². The molecule has 2 amide bonds. The molecule has 5 rings (SSSR count). The van der Waals surface area contributed by atoms with E-state index in [4.69, 9.17) is 0 Å². The predicted octanol–water partition coefficient (Wildman–Crippen LogP) is 6.78. The van der Waals surface area contributed by atoms with Crippen molar-refractivity contribution in [3.63, 3.8) is 0 Å². The highest BCUT2D eigenvalue weighted by atomic mass is 32.2. The second kappa shape index (κ2) is 12.0. The number of benzene rings is 3. The molecule has 41 heavy (non-hydrogen) atoms. The molecule has 1 saturated heterocycles. The van der Waals surface area contributed by atoms with E-state index in [1.807, 2.05) is 43.3 Å². The van der Waals surface area contributed by atoms with E-state index >= 15 is 0 Å². The molecule has 1 unspecified atom stereocenters. The number of hydrogen-bond acceptors (Lipinski definition) is 5. The molecule has 212 valence electrons. The first kappa shape index (κ1) is 28.2. The average molecular weight is 581 g/mol. The lowest BCUT2D eigenvalue weighted by molar-refractivity contribution is -0.274. The van der Waals surface area contributed by atoms with E-state index in [1.54, 1.807) is 11.8 Å². The van der Waals surface area contributed by atoms with E-state index in [1.165, 1.54) is 40.8 Å². The lowest BCUT2D eigenvalue weighted by Crippen LogP contribution is -2.29. The summed E-state index contributed by atoms with van der Waals surface area (Å²) in [5.41, 5.74) is 4.46. The fourth-order valence-corrected chi connectivity index (χ4v) is 5.37. The minimum atomic E-state index is -4.75. The monoisotopic (exact) mass is 580 g/mol. The Balaban J connectivity index is 1.22. The number of aryl methyl sites for hydroxylation is 1. The molecule has 0 spiro atoms. The number of rotatable bonds is 7. The number of carbonyl (C=O) groups excluding carboxylic acids is 1. The molecular formula is C29H27F3N6O2S. The summed E-state index contributed by atoms with van der Waals surface area (Å²) in [7, 11) is 0. The summed E-state index contributed by atoms with van der Waals surface area (Å²) >= 11 is 1.57. The van der Waals surface area contributed by atoms with Crippen molar-refractivity contribution in [3.05, 3.63) is 90.3 Å². The fraction of sp³-hybridized carbons (Fsp3) is 0.241. The van der Waals surface area contributed by atoms with Gasteiger partial charge in [-0.15, -0.1) is 18.3 Å². The van der Waals surface area contributed by atoms with E-state index in [0.717, 1.165) is 35.5 Å². The maximum absolute atomic E-state index is 12.8. The van der Waals surface area contributed by atoms with E-state index in [0.29, 0.717) is 16.7 Å². The Morgan fingerprint density at radius 3 is 2.54 bits per heavy atom. The van der Waals surface area contributed by atoms with Crippen LogP contribution >= 0.6 is 11.8 Å². The third kappa shape index (κ3) is 6.88. The number of ether oxygens (including phenoxy) is 1. The van der Waals surface area contributed by atoms with Crippen LogP contribution in [0.2, 0.25) is 0 Å². The molecule has 0 bridgehead atoms. The van der Waals surface area contributed by atoms with E-state index < -0.39 is 12.4 Å². The maximum atomic E-state index is 12.8. The molecule has 1 aliphatic heterocycles. The van der Waals surface area contributed by atoms with E-state index in [-0.39, 0.29) is 11.8 Å². The molecule has 1 aliphatic rings. The SMILES string of the molecule is CCc1ccccc1N1CCSC1=NC(=O)NC(C)c1ccc(-c2ncn(-c3ccc(OC(F)(F)F)cc3)n2)cc1. The number of alkyl halides is 3. The van der Waals surface area contributed by atoms with Crippen LogP contribution in [-0.2, 0) is 6.42 Å². The Morgan fingerprint density at radius 2 is 1.83 bits per heavy atom. The number of anilines is 1. The van der Waals surface area contributed by atoms with Crippen LogP contribution in [0.3, 0.4) is 0 Å². The molecule has 0 saturated carbocycles. The third-order valence-corrected chi connectivity index (χ3v) is 7.43. The number of thioether (sulfide) groups is 1. The number of nitrogens with zero attached hydrogens (tertiary/aromatic N) is 5. The van der Waals surface area contributed by atoms with Crippen molar-refractivity contribution in [1.82, 2.24) is 20.1 Å². The Labute approximate surface area is 239 Å². The van der Waals surface area contributed by atoms with Crippen LogP contribution in [0, 0.1) is 0 Å². The van der Waals surface area contributed by atoms with Gasteiger partial charge in [-0.25, -0.2) is 14.5 Å². The van der Waals surface area contributed by atoms with Gasteiger partial charge in [-0.2, -0.15) is 4.99 Å². The van der Waals surface area contributed by atoms with Crippen LogP contribution in [0.5, 0.6) is 5.75 Å². The van der Waals surface area contributed by atoms with Gasteiger partial charge in [0.25, 0.3) is 0 Å². The van der Waals surface area contributed by atoms with Crippen LogP contribution in [0.15, 0.2) is 84.1 Å². The van der Waals surface area contributed by atoms with Crippen LogP contribution in [0.4, 0.5) is 23.7 Å². The summed E-state index contributed by atoms with van der Waals surface area (Å²) in [5.74, 6) is 0.995. The lowest BCUT2D eigenvalue weighted by Gasteiger charge is -2.21. The Bertz CT molecular complexity index is 1540. The average Bonchev–Trinajstić information content (AvgIpc) is 3.63. The highest BCUT2D eigenvalue weighted by Gasteiger charge is 2.31. The summed E-state index contributed by atoms with van der Waals surface area (Å²) in [4.78, 5) is 23.6. The van der Waals surface area contributed by atoms with Gasteiger partial charge in [0.2, 0.25) is 0 Å². The standard InChI is InChI=1S/C29H27F3N6O2S/c1-3-20-6-4-5-7-25(20)37-16-17-41-28(37)35-27(39)34-19(2)21-8-10-22(11-9-21)26-33-18-38(36-26)23-12-14-24(15-13-23)40-29(30,31)32/h4-15,18-19H,3,16-17H2,1-2H3,(H,34,39). The minimum absolute atomic E-state index is 0.286. The molecule has 4 aromatic rings. The van der Waals surface area contributed by atoms with Crippen molar-refractivity contribution in [1.29, 1.82) is 0 Å². The number of amidine groups is 1. The van der Waals surface area contributed by atoms with Gasteiger partial charge in [0.15, 0.2) is 11.0 Å². The summed E-state index contributed by atoms with van der Waals surface area (Å²) in [5, 5.41) is 8.06. The minimum Gasteiger partial charge on any atom is -0.406 e. The number of aliphatic imine (C=N–C) groups is 1. The number of amides is 2. The van der Waals surface area contributed by atoms with Crippen molar-refractivity contribution < 1.29 is 22.7 Å². The van der Waals surface area contributed by atoms with Crippen molar-refractivity contribution in [2.75, 3.05) is 17.2 Å². The molecule has 1 atom stereocenters. The predicted molar refractivity (Wildman–Crippen MR) is 153 cm³/mol. The number of aromatic nitrogens is 3. The summed E-state index contributed by atoms with van der Waals surface area (Å²) in [6.45, 7) is 4.80. The molecule has 12 heteroatoms. The van der Waals surface area contributed by atoms with Crippen LogP contribution in [0.1, 0.15) is 31.0 Å². The molecule has 1 aromatic heterocycles. The number of urea groups is 1. The Hall–Kier alpha value is -4.32. The van der Waals surface area contributed by atoms with Crippen LogP contribution in [0.25, 0.3) is 17.1 Å². The number of carbonyl (C=O) groups is 1. The van der Waals surface area contributed by atoms with Gasteiger partial charge in [-0.05, 0) is 54.8 Å². The first-order chi connectivity index (χ1) is 19.7. The van der Waals surface area contributed by atoms with Crippen molar-refractivity contribution >= 4 is 28.6 Å². The number of para-hydroxylation sites is 1. The fourth-order valence-electron chi connectivity index (χ4n) is 4.42. The Morgan fingerprint density at radius 1 is 1.10 bits per heavy atom. The van der Waals surface area contributed by atoms with Crippen molar-refractivity contribution in [2.45, 2.75) is 32.7 Å². The van der Waals surface area contributed by atoms with Crippen LogP contribution < -0.4 is 15.0 Å². The van der Waals surface area contributed by atoms with Gasteiger partial charge >= 0.3 is 12.4 Å². The quantitative estimate of drug-likeness (QED) is 0.260. The summed E-state index contributed by atoms with van der Waals surface area (Å²) < 4.78 is 42.6. The maximum Gasteiger partial charge on any atom is 0.573 e.